The van der Waals surface area contributed by atoms with Gasteiger partial charge in [0.2, 0.25) is 0 Å². The van der Waals surface area contributed by atoms with Gasteiger partial charge in [-0.05, 0) is 69.2 Å². The number of hydrazone groups is 1. The number of amidine groups is 1. The van der Waals surface area contributed by atoms with Crippen molar-refractivity contribution in [3.8, 4) is 0 Å². The maximum Gasteiger partial charge on any atom is 0.276 e. The van der Waals surface area contributed by atoms with E-state index in [1.807, 2.05) is 6.92 Å². The predicted molar refractivity (Wildman–Crippen MR) is 122 cm³/mol. The van der Waals surface area contributed by atoms with E-state index in [4.69, 9.17) is 23.2 Å². The Morgan fingerprint density at radius 3 is 2.33 bits per heavy atom. The van der Waals surface area contributed by atoms with Gasteiger partial charge in [-0.15, -0.1) is 5.10 Å². The van der Waals surface area contributed by atoms with Gasteiger partial charge in [-0.25, -0.2) is 0 Å². The fourth-order valence-electron chi connectivity index (χ4n) is 4.04. The number of halogens is 2. The van der Waals surface area contributed by atoms with Crippen LogP contribution in [0.5, 0.6) is 0 Å². The summed E-state index contributed by atoms with van der Waals surface area (Å²) in [6.45, 7) is 2.71. The number of hydrogen-bond acceptors (Lipinski definition) is 3. The Morgan fingerprint density at radius 1 is 1.03 bits per heavy atom. The van der Waals surface area contributed by atoms with E-state index in [-0.39, 0.29) is 4.90 Å². The van der Waals surface area contributed by atoms with E-state index in [1.165, 1.54) is 12.8 Å². The molecule has 1 aliphatic carbocycles. The van der Waals surface area contributed by atoms with Crippen LogP contribution in [0.4, 0.5) is 0 Å². The molecule has 2 aliphatic rings. The molecule has 1 heterocycles. The van der Waals surface area contributed by atoms with Crippen LogP contribution in [0.3, 0.4) is 0 Å². The van der Waals surface area contributed by atoms with Crippen LogP contribution >= 0.6 is 23.2 Å². The molecule has 2 aromatic rings. The van der Waals surface area contributed by atoms with Crippen LogP contribution in [-0.2, 0) is 10.0 Å². The summed E-state index contributed by atoms with van der Waals surface area (Å²) in [7, 11) is -3.82. The van der Waals surface area contributed by atoms with Gasteiger partial charge < -0.3 is 4.90 Å². The summed E-state index contributed by atoms with van der Waals surface area (Å²) in [5, 5.41) is 5.32. The molecule has 0 spiro atoms. The summed E-state index contributed by atoms with van der Waals surface area (Å²) < 4.78 is 25.7. The van der Waals surface area contributed by atoms with Crippen LogP contribution in [0, 0.1) is 12.8 Å². The molecule has 4 rings (SSSR count). The molecule has 30 heavy (non-hydrogen) atoms. The van der Waals surface area contributed by atoms with E-state index >= 15 is 0 Å². The molecule has 1 atom stereocenters. The van der Waals surface area contributed by atoms with Crippen LogP contribution < -0.4 is 4.83 Å². The SMILES string of the molecule is Cc1ccc(S(=O)(=O)N/N=C(\c2c(Cl)cccc2Cl)N2CCCCC2C2CC2)cc1. The maximum atomic E-state index is 12.9. The number of aryl methyl sites for hydroxylation is 1. The lowest BCUT2D eigenvalue weighted by Crippen LogP contribution is -2.46. The standard InChI is InChI=1S/C22H25Cl2N3O2S/c1-15-8-12-17(13-9-15)30(28,29)26-25-22(21-18(23)5-4-6-19(21)24)27-14-3-2-7-20(27)16-10-11-16/h4-6,8-9,12-13,16,20,26H,2-3,7,10-11,14H2,1H3/b25-22+. The van der Waals surface area contributed by atoms with Crippen molar-refractivity contribution in [3.05, 3.63) is 63.6 Å². The molecule has 0 amide bonds. The highest BCUT2D eigenvalue weighted by Gasteiger charge is 2.39. The number of rotatable bonds is 5. The summed E-state index contributed by atoms with van der Waals surface area (Å²) in [4.78, 5) is 4.79. The average molecular weight is 466 g/mol. The van der Waals surface area contributed by atoms with Crippen LogP contribution in [0.25, 0.3) is 0 Å². The Kier molecular flexibility index (Phi) is 6.28. The van der Waals surface area contributed by atoms with Crippen LogP contribution in [0.1, 0.15) is 43.2 Å². The van der Waals surface area contributed by atoms with Crippen LogP contribution in [0.15, 0.2) is 52.5 Å². The van der Waals surface area contributed by atoms with Crippen molar-refractivity contribution in [2.45, 2.75) is 50.0 Å². The smallest absolute Gasteiger partial charge is 0.276 e. The molecule has 0 aromatic heterocycles. The highest BCUT2D eigenvalue weighted by molar-refractivity contribution is 7.89. The number of sulfonamides is 1. The van der Waals surface area contributed by atoms with E-state index < -0.39 is 10.0 Å². The second kappa shape index (κ2) is 8.77. The van der Waals surface area contributed by atoms with Crippen LogP contribution in [-0.4, -0.2) is 31.7 Å². The maximum absolute atomic E-state index is 12.9. The quantitative estimate of drug-likeness (QED) is 0.374. The van der Waals surface area contributed by atoms with E-state index in [1.54, 1.807) is 42.5 Å². The topological polar surface area (TPSA) is 61.8 Å². The number of nitrogens with one attached hydrogen (secondary N) is 1. The van der Waals surface area contributed by atoms with Crippen molar-refractivity contribution in [1.29, 1.82) is 0 Å². The summed E-state index contributed by atoms with van der Waals surface area (Å²) in [6.07, 6.45) is 5.64. The summed E-state index contributed by atoms with van der Waals surface area (Å²) in [6, 6.07) is 12.3. The van der Waals surface area contributed by atoms with Crippen molar-refractivity contribution < 1.29 is 8.42 Å². The minimum absolute atomic E-state index is 0.166. The molecule has 0 radical (unpaired) electrons. The lowest BCUT2D eigenvalue weighted by molar-refractivity contribution is 0.217. The van der Waals surface area contributed by atoms with E-state index in [9.17, 15) is 8.42 Å². The lowest BCUT2D eigenvalue weighted by atomic mass is 9.97. The first-order valence-electron chi connectivity index (χ1n) is 10.2. The second-order valence-electron chi connectivity index (χ2n) is 8.03. The minimum Gasteiger partial charge on any atom is -0.351 e. The normalized spacial score (nSPS) is 20.3. The zero-order valence-corrected chi connectivity index (χ0v) is 19.1. The minimum atomic E-state index is -3.82. The van der Waals surface area contributed by atoms with Crippen molar-refractivity contribution in [1.82, 2.24) is 9.73 Å². The molecule has 0 bridgehead atoms. The lowest BCUT2D eigenvalue weighted by Gasteiger charge is -2.38. The number of hydrogen-bond donors (Lipinski definition) is 1. The molecular weight excluding hydrogens is 441 g/mol. The molecule has 1 saturated carbocycles. The summed E-state index contributed by atoms with van der Waals surface area (Å²) >= 11 is 13.0. The first kappa shape index (κ1) is 21.5. The molecule has 1 N–H and O–H groups in total. The first-order valence-corrected chi connectivity index (χ1v) is 12.5. The summed E-state index contributed by atoms with van der Waals surface area (Å²) in [5.74, 6) is 1.11. The third-order valence-electron chi connectivity index (χ3n) is 5.78. The number of nitrogens with zero attached hydrogens (tertiary/aromatic N) is 2. The highest BCUT2D eigenvalue weighted by atomic mass is 35.5. The largest absolute Gasteiger partial charge is 0.351 e. The molecule has 1 aliphatic heterocycles. The molecule has 1 saturated heterocycles. The molecule has 2 fully saturated rings. The van der Waals surface area contributed by atoms with E-state index in [2.05, 4.69) is 14.8 Å². The predicted octanol–water partition coefficient (Wildman–Crippen LogP) is 5.21. The van der Waals surface area contributed by atoms with Gasteiger partial charge in [-0.3, -0.25) is 0 Å². The molecule has 1 unspecified atom stereocenters. The van der Waals surface area contributed by atoms with Gasteiger partial charge >= 0.3 is 0 Å². The Labute approximate surface area is 188 Å². The molecule has 160 valence electrons. The fourth-order valence-corrected chi connectivity index (χ4v) is 5.41. The Morgan fingerprint density at radius 2 is 1.70 bits per heavy atom. The Bertz CT molecular complexity index is 1030. The van der Waals surface area contributed by atoms with Crippen LogP contribution in [0.2, 0.25) is 10.0 Å². The van der Waals surface area contributed by atoms with Crippen molar-refractivity contribution in [3.63, 3.8) is 0 Å². The number of likely N-dealkylation sites (tertiary alicyclic amines) is 1. The molecule has 2 aromatic carbocycles. The number of benzene rings is 2. The van der Waals surface area contributed by atoms with Crippen molar-refractivity contribution >= 4 is 39.1 Å². The van der Waals surface area contributed by atoms with Gasteiger partial charge in [0.1, 0.15) is 0 Å². The second-order valence-corrected chi connectivity index (χ2v) is 10.5. The first-order chi connectivity index (χ1) is 14.4. The van der Waals surface area contributed by atoms with Crippen molar-refractivity contribution in [2.24, 2.45) is 11.0 Å². The monoisotopic (exact) mass is 465 g/mol. The van der Waals surface area contributed by atoms with Gasteiger partial charge in [0.15, 0.2) is 5.84 Å². The third-order valence-corrected chi connectivity index (χ3v) is 7.63. The fraction of sp³-hybridized carbons (Fsp3) is 0.409. The van der Waals surface area contributed by atoms with Gasteiger partial charge in [-0.1, -0.05) is 47.0 Å². The van der Waals surface area contributed by atoms with Gasteiger partial charge in [0.25, 0.3) is 10.0 Å². The van der Waals surface area contributed by atoms with Gasteiger partial charge in [0.05, 0.1) is 20.5 Å². The molecule has 5 nitrogen and oxygen atoms in total. The molecule has 8 heteroatoms. The van der Waals surface area contributed by atoms with Gasteiger partial charge in [0, 0.05) is 12.6 Å². The van der Waals surface area contributed by atoms with E-state index in [0.717, 1.165) is 31.4 Å². The van der Waals surface area contributed by atoms with E-state index in [0.29, 0.717) is 33.4 Å². The average Bonchev–Trinajstić information content (AvgIpc) is 3.56. The third kappa shape index (κ3) is 4.61. The zero-order valence-electron chi connectivity index (χ0n) is 16.8. The molecular formula is C22H25Cl2N3O2S. The highest BCUT2D eigenvalue weighted by Crippen LogP contribution is 2.41. The van der Waals surface area contributed by atoms with Gasteiger partial charge in [-0.2, -0.15) is 13.2 Å². The summed E-state index contributed by atoms with van der Waals surface area (Å²) in [5.41, 5.74) is 1.56. The Hall–Kier alpha value is -1.76. The number of piperidine rings is 1. The van der Waals surface area contributed by atoms with Crippen molar-refractivity contribution in [2.75, 3.05) is 6.54 Å². The Balaban J connectivity index is 1.74. The zero-order chi connectivity index (χ0) is 21.3.